The molecule has 2 aromatic carbocycles. The smallest absolute Gasteiger partial charge is 0.243 e. The zero-order valence-electron chi connectivity index (χ0n) is 19.1. The highest BCUT2D eigenvalue weighted by molar-refractivity contribution is 7.98. The Morgan fingerprint density at radius 3 is 2.42 bits per heavy atom. The van der Waals surface area contributed by atoms with Gasteiger partial charge in [0.15, 0.2) is 5.82 Å². The normalized spacial score (nSPS) is 15.6. The Morgan fingerprint density at radius 2 is 1.76 bits per heavy atom. The molecule has 0 saturated carbocycles. The molecule has 33 heavy (non-hydrogen) atoms. The molecule has 0 aliphatic carbocycles. The van der Waals surface area contributed by atoms with Crippen LogP contribution < -0.4 is 5.84 Å². The summed E-state index contributed by atoms with van der Waals surface area (Å²) in [7, 11) is -3.54. The number of thioether (sulfide) groups is 1. The molecule has 0 spiro atoms. The van der Waals surface area contributed by atoms with Gasteiger partial charge in [0.1, 0.15) is 0 Å². The summed E-state index contributed by atoms with van der Waals surface area (Å²) >= 11 is 1.41. The summed E-state index contributed by atoms with van der Waals surface area (Å²) in [6.07, 6.45) is 0. The van der Waals surface area contributed by atoms with Crippen molar-refractivity contribution in [1.29, 1.82) is 0 Å². The van der Waals surface area contributed by atoms with E-state index in [1.54, 1.807) is 18.2 Å². The van der Waals surface area contributed by atoms with E-state index in [4.69, 9.17) is 10.6 Å². The number of hydrogen-bond acceptors (Lipinski definition) is 7. The average molecular weight is 488 g/mol. The Kier molecular flexibility index (Phi) is 6.81. The van der Waals surface area contributed by atoms with Gasteiger partial charge < -0.3 is 10.6 Å². The van der Waals surface area contributed by atoms with E-state index in [1.807, 2.05) is 18.2 Å². The molecule has 0 amide bonds. The lowest BCUT2D eigenvalue weighted by atomic mass is 9.87. The minimum absolute atomic E-state index is 0.0692. The lowest BCUT2D eigenvalue weighted by Crippen LogP contribution is -2.40. The van der Waals surface area contributed by atoms with Gasteiger partial charge in [0.05, 0.1) is 18.1 Å². The topological polar surface area (TPSA) is 103 Å². The summed E-state index contributed by atoms with van der Waals surface area (Å²) in [6, 6.07) is 15.2. The predicted molar refractivity (Wildman–Crippen MR) is 130 cm³/mol. The first kappa shape index (κ1) is 23.7. The van der Waals surface area contributed by atoms with E-state index in [-0.39, 0.29) is 10.3 Å². The number of nitrogens with two attached hydrogens (primary N) is 1. The molecule has 10 heteroatoms. The number of nitrogen functional groups attached to an aromatic ring is 1. The number of rotatable bonds is 6. The largest absolute Gasteiger partial charge is 0.379 e. The molecule has 0 atom stereocenters. The number of ether oxygens (including phenoxy) is 1. The van der Waals surface area contributed by atoms with Crippen LogP contribution in [0.4, 0.5) is 0 Å². The van der Waals surface area contributed by atoms with E-state index in [0.29, 0.717) is 43.0 Å². The second-order valence-corrected chi connectivity index (χ2v) is 11.8. The molecule has 4 rings (SSSR count). The Morgan fingerprint density at radius 1 is 1.06 bits per heavy atom. The maximum atomic E-state index is 12.9. The third kappa shape index (κ3) is 5.24. The number of aromatic nitrogens is 3. The molecule has 1 saturated heterocycles. The lowest BCUT2D eigenvalue weighted by molar-refractivity contribution is 0.0730. The molecule has 3 aromatic rings. The second-order valence-electron chi connectivity index (χ2n) is 8.96. The van der Waals surface area contributed by atoms with Crippen molar-refractivity contribution < 1.29 is 13.2 Å². The third-order valence-corrected chi connectivity index (χ3v) is 8.46. The maximum Gasteiger partial charge on any atom is 0.243 e. The van der Waals surface area contributed by atoms with Crippen molar-refractivity contribution >= 4 is 21.8 Å². The number of benzene rings is 2. The third-order valence-electron chi connectivity index (χ3n) is 5.55. The molecule has 1 aliphatic heterocycles. The number of hydrogen-bond donors (Lipinski definition) is 1. The van der Waals surface area contributed by atoms with Gasteiger partial charge in [-0.3, -0.25) is 0 Å². The fraction of sp³-hybridized carbons (Fsp3) is 0.391. The zero-order valence-corrected chi connectivity index (χ0v) is 20.7. The number of nitrogens with zero attached hydrogens (tertiary/aromatic N) is 4. The first-order valence-corrected chi connectivity index (χ1v) is 13.2. The van der Waals surface area contributed by atoms with Crippen molar-refractivity contribution in [2.45, 2.75) is 42.0 Å². The SMILES string of the molecule is CC(C)(C)c1ccc(-c2nnc(SCc3cccc(S(=O)(=O)N4CCOCC4)c3)n2N)cc1. The van der Waals surface area contributed by atoms with E-state index in [1.165, 1.54) is 26.3 Å². The fourth-order valence-electron chi connectivity index (χ4n) is 3.57. The highest BCUT2D eigenvalue weighted by atomic mass is 32.2. The van der Waals surface area contributed by atoms with Gasteiger partial charge in [-0.15, -0.1) is 10.2 Å². The van der Waals surface area contributed by atoms with Crippen molar-refractivity contribution in [3.05, 3.63) is 59.7 Å². The molecule has 0 radical (unpaired) electrons. The minimum atomic E-state index is -3.54. The number of morpholine rings is 1. The van der Waals surface area contributed by atoms with E-state index in [2.05, 4.69) is 43.1 Å². The maximum absolute atomic E-state index is 12.9. The van der Waals surface area contributed by atoms with Gasteiger partial charge in [-0.2, -0.15) is 4.31 Å². The van der Waals surface area contributed by atoms with E-state index in [9.17, 15) is 8.42 Å². The molecule has 0 bridgehead atoms. The van der Waals surface area contributed by atoms with Crippen LogP contribution in [0.5, 0.6) is 0 Å². The van der Waals surface area contributed by atoms with Gasteiger partial charge in [-0.1, -0.05) is 68.9 Å². The molecule has 1 fully saturated rings. The highest BCUT2D eigenvalue weighted by Gasteiger charge is 2.26. The van der Waals surface area contributed by atoms with Gasteiger partial charge in [-0.05, 0) is 28.7 Å². The summed E-state index contributed by atoms with van der Waals surface area (Å²) in [4.78, 5) is 0.288. The van der Waals surface area contributed by atoms with Crippen LogP contribution in [0.1, 0.15) is 31.9 Å². The second kappa shape index (κ2) is 9.46. The van der Waals surface area contributed by atoms with Gasteiger partial charge in [0, 0.05) is 24.4 Å². The van der Waals surface area contributed by atoms with Crippen LogP contribution in [0.25, 0.3) is 11.4 Å². The van der Waals surface area contributed by atoms with Gasteiger partial charge in [0.25, 0.3) is 0 Å². The molecule has 8 nitrogen and oxygen atoms in total. The van der Waals surface area contributed by atoms with E-state index >= 15 is 0 Å². The number of sulfonamides is 1. The molecule has 1 aliphatic rings. The Bertz CT molecular complexity index is 1210. The van der Waals surface area contributed by atoms with Crippen LogP contribution in [-0.4, -0.2) is 53.9 Å². The molecule has 176 valence electrons. The molecular formula is C23H29N5O3S2. The van der Waals surface area contributed by atoms with Crippen molar-refractivity contribution in [3.63, 3.8) is 0 Å². The van der Waals surface area contributed by atoms with Crippen molar-refractivity contribution in [1.82, 2.24) is 19.2 Å². The Labute approximate surface area is 199 Å². The van der Waals surface area contributed by atoms with Crippen molar-refractivity contribution in [3.8, 4) is 11.4 Å². The quantitative estimate of drug-likeness (QED) is 0.420. The van der Waals surface area contributed by atoms with Crippen LogP contribution in [0.2, 0.25) is 0 Å². The predicted octanol–water partition coefficient (Wildman–Crippen LogP) is 3.27. The Hall–Kier alpha value is -2.40. The molecule has 0 unspecified atom stereocenters. The van der Waals surface area contributed by atoms with Crippen molar-refractivity contribution in [2.24, 2.45) is 0 Å². The zero-order chi connectivity index (χ0) is 23.6. The molecule has 2 N–H and O–H groups in total. The van der Waals surface area contributed by atoms with Crippen LogP contribution in [0, 0.1) is 0 Å². The van der Waals surface area contributed by atoms with Crippen LogP contribution in [0.15, 0.2) is 58.6 Å². The van der Waals surface area contributed by atoms with E-state index < -0.39 is 10.0 Å². The van der Waals surface area contributed by atoms with Crippen LogP contribution in [-0.2, 0) is 25.9 Å². The first-order chi connectivity index (χ1) is 15.7. The van der Waals surface area contributed by atoms with Gasteiger partial charge >= 0.3 is 0 Å². The molecular weight excluding hydrogens is 458 g/mol. The molecule has 2 heterocycles. The van der Waals surface area contributed by atoms with Gasteiger partial charge in [0.2, 0.25) is 15.2 Å². The van der Waals surface area contributed by atoms with Crippen LogP contribution in [0.3, 0.4) is 0 Å². The standard InChI is InChI=1S/C23H29N5O3S2/c1-23(2,3)19-9-7-18(8-10-19)21-25-26-22(28(21)24)32-16-17-5-4-6-20(15-17)33(29,30)27-11-13-31-14-12-27/h4-10,15H,11-14,16,24H2,1-3H3. The monoisotopic (exact) mass is 487 g/mol. The average Bonchev–Trinajstić information content (AvgIpc) is 3.18. The summed E-state index contributed by atoms with van der Waals surface area (Å²) in [5.74, 6) is 7.38. The highest BCUT2D eigenvalue weighted by Crippen LogP contribution is 2.28. The summed E-state index contributed by atoms with van der Waals surface area (Å²) in [5.41, 5.74) is 3.06. The van der Waals surface area contributed by atoms with Crippen LogP contribution >= 0.6 is 11.8 Å². The Balaban J connectivity index is 1.47. The summed E-state index contributed by atoms with van der Waals surface area (Å²) in [5, 5.41) is 9.06. The summed E-state index contributed by atoms with van der Waals surface area (Å²) in [6.45, 7) is 8.09. The lowest BCUT2D eigenvalue weighted by Gasteiger charge is -2.26. The first-order valence-electron chi connectivity index (χ1n) is 10.8. The molecule has 1 aromatic heterocycles. The summed E-state index contributed by atoms with van der Waals surface area (Å²) < 4.78 is 34.1. The van der Waals surface area contributed by atoms with Gasteiger partial charge in [-0.25, -0.2) is 13.1 Å². The minimum Gasteiger partial charge on any atom is -0.379 e. The fourth-order valence-corrected chi connectivity index (χ4v) is 5.85. The van der Waals surface area contributed by atoms with E-state index in [0.717, 1.165) is 11.1 Å². The van der Waals surface area contributed by atoms with Crippen molar-refractivity contribution in [2.75, 3.05) is 32.1 Å².